The van der Waals surface area contributed by atoms with Crippen molar-refractivity contribution in [3.63, 3.8) is 0 Å². The van der Waals surface area contributed by atoms with E-state index in [-0.39, 0.29) is 31.1 Å². The Labute approximate surface area is 513 Å². The molecule has 6 heteroatoms. The van der Waals surface area contributed by atoms with Gasteiger partial charge in [-0.1, -0.05) is 379 Å². The monoisotopic (exact) mass is 1150 g/mol. The quantitative estimate of drug-likeness (QED) is 0.0261. The maximum absolute atomic E-state index is 12.9. The van der Waals surface area contributed by atoms with Gasteiger partial charge in [0.2, 0.25) is 0 Å². The summed E-state index contributed by atoms with van der Waals surface area (Å²) in [7, 11) is 0. The fraction of sp³-hybridized carbons (Fsp3) is 0.908. The second-order valence-corrected chi connectivity index (χ2v) is 25.6. The van der Waals surface area contributed by atoms with E-state index in [0.29, 0.717) is 19.3 Å². The fourth-order valence-electron chi connectivity index (χ4n) is 11.6. The molecule has 0 rings (SSSR count). The highest BCUT2D eigenvalue weighted by molar-refractivity contribution is 5.71. The molecule has 0 heterocycles. The van der Waals surface area contributed by atoms with Crippen molar-refractivity contribution in [3.8, 4) is 0 Å². The van der Waals surface area contributed by atoms with E-state index in [1.165, 1.54) is 315 Å². The first-order valence-electron chi connectivity index (χ1n) is 37.3. The molecule has 0 radical (unpaired) electrons. The van der Waals surface area contributed by atoms with Gasteiger partial charge in [-0.2, -0.15) is 0 Å². The standard InChI is InChI=1S/C76H144O6/c1-4-7-10-13-15-17-19-21-23-25-27-29-31-33-35-37-39-40-42-44-46-48-50-52-54-56-58-60-63-66-69-75(78)81-72-73(71-80-74(77)68-65-62-12-9-6-3)82-76(79)70-67-64-61-59-57-55-53-51-49-47-45-43-41-38-36-34-32-30-28-26-24-22-20-18-16-14-11-8-5-2/h20,22,26,28,73H,4-19,21,23-25,27,29-72H2,1-3H3/b22-20-,28-26-. The van der Waals surface area contributed by atoms with E-state index in [1.54, 1.807) is 0 Å². The normalized spacial score (nSPS) is 12.1. The van der Waals surface area contributed by atoms with Gasteiger partial charge in [-0.25, -0.2) is 0 Å². The number of carbonyl (C=O) groups is 3. The van der Waals surface area contributed by atoms with Crippen LogP contribution in [0.1, 0.15) is 425 Å². The molecule has 0 fully saturated rings. The number of allylic oxidation sites excluding steroid dienone is 4. The van der Waals surface area contributed by atoms with Crippen molar-refractivity contribution in [1.82, 2.24) is 0 Å². The molecule has 0 aromatic heterocycles. The lowest BCUT2D eigenvalue weighted by Crippen LogP contribution is -2.30. The van der Waals surface area contributed by atoms with Gasteiger partial charge in [0.15, 0.2) is 6.10 Å². The Morgan fingerprint density at radius 3 is 0.671 bits per heavy atom. The van der Waals surface area contributed by atoms with E-state index in [1.807, 2.05) is 0 Å². The van der Waals surface area contributed by atoms with Crippen LogP contribution in [0.3, 0.4) is 0 Å². The van der Waals surface area contributed by atoms with Crippen LogP contribution in [-0.2, 0) is 28.6 Å². The third-order valence-corrected chi connectivity index (χ3v) is 17.2. The largest absolute Gasteiger partial charge is 0.462 e. The van der Waals surface area contributed by atoms with Crippen LogP contribution in [0.2, 0.25) is 0 Å². The zero-order valence-corrected chi connectivity index (χ0v) is 55.8. The van der Waals surface area contributed by atoms with Crippen LogP contribution in [-0.4, -0.2) is 37.2 Å². The Kier molecular flexibility index (Phi) is 69.5. The third-order valence-electron chi connectivity index (χ3n) is 17.2. The zero-order valence-electron chi connectivity index (χ0n) is 55.8. The van der Waals surface area contributed by atoms with Gasteiger partial charge < -0.3 is 14.2 Å². The summed E-state index contributed by atoms with van der Waals surface area (Å²) < 4.78 is 16.8. The van der Waals surface area contributed by atoms with Crippen LogP contribution in [0.5, 0.6) is 0 Å². The van der Waals surface area contributed by atoms with Crippen LogP contribution in [0.15, 0.2) is 24.3 Å². The van der Waals surface area contributed by atoms with Crippen molar-refractivity contribution < 1.29 is 28.6 Å². The van der Waals surface area contributed by atoms with Crippen molar-refractivity contribution in [2.24, 2.45) is 0 Å². The lowest BCUT2D eigenvalue weighted by Gasteiger charge is -2.18. The van der Waals surface area contributed by atoms with Crippen LogP contribution < -0.4 is 0 Å². The lowest BCUT2D eigenvalue weighted by atomic mass is 10.0. The Balaban J connectivity index is 3.88. The summed E-state index contributed by atoms with van der Waals surface area (Å²) in [6.45, 7) is 6.63. The van der Waals surface area contributed by atoms with Gasteiger partial charge >= 0.3 is 17.9 Å². The highest BCUT2D eigenvalue weighted by atomic mass is 16.6. The van der Waals surface area contributed by atoms with Crippen LogP contribution in [0, 0.1) is 0 Å². The minimum Gasteiger partial charge on any atom is -0.462 e. The molecule has 0 bridgehead atoms. The van der Waals surface area contributed by atoms with E-state index in [4.69, 9.17) is 14.2 Å². The highest BCUT2D eigenvalue weighted by Gasteiger charge is 2.19. The van der Waals surface area contributed by atoms with Gasteiger partial charge in [-0.3, -0.25) is 14.4 Å². The average Bonchev–Trinajstić information content (AvgIpc) is 3.47. The summed E-state index contributed by atoms with van der Waals surface area (Å²) in [5.74, 6) is -0.849. The number of rotatable bonds is 70. The number of esters is 3. The molecule has 0 aromatic carbocycles. The smallest absolute Gasteiger partial charge is 0.306 e. The first-order valence-corrected chi connectivity index (χ1v) is 37.3. The molecule has 0 aromatic rings. The molecule has 0 saturated heterocycles. The molecular formula is C76H144O6. The van der Waals surface area contributed by atoms with Crippen molar-refractivity contribution in [3.05, 3.63) is 24.3 Å². The van der Waals surface area contributed by atoms with E-state index in [0.717, 1.165) is 70.6 Å². The van der Waals surface area contributed by atoms with Crippen molar-refractivity contribution in [2.75, 3.05) is 13.2 Å². The van der Waals surface area contributed by atoms with Crippen LogP contribution in [0.25, 0.3) is 0 Å². The average molecular weight is 1150 g/mol. The maximum Gasteiger partial charge on any atom is 0.306 e. The Morgan fingerprint density at radius 2 is 0.439 bits per heavy atom. The summed E-state index contributed by atoms with van der Waals surface area (Å²) in [6, 6.07) is 0. The molecule has 0 aliphatic rings. The molecule has 0 aliphatic heterocycles. The third kappa shape index (κ3) is 68.7. The summed E-state index contributed by atoms with van der Waals surface area (Å²) in [5.41, 5.74) is 0. The number of carbonyl (C=O) groups excluding carboxylic acids is 3. The number of hydrogen-bond donors (Lipinski definition) is 0. The number of hydrogen-bond acceptors (Lipinski definition) is 6. The molecule has 0 spiro atoms. The molecule has 0 saturated carbocycles. The first-order chi connectivity index (χ1) is 40.5. The van der Waals surface area contributed by atoms with Crippen molar-refractivity contribution >= 4 is 17.9 Å². The summed E-state index contributed by atoms with van der Waals surface area (Å²) in [4.78, 5) is 38.1. The van der Waals surface area contributed by atoms with Crippen LogP contribution >= 0.6 is 0 Å². The number of unbranched alkanes of at least 4 members (excludes halogenated alkanes) is 55. The number of ether oxygens (including phenoxy) is 3. The van der Waals surface area contributed by atoms with Gasteiger partial charge in [-0.15, -0.1) is 0 Å². The highest BCUT2D eigenvalue weighted by Crippen LogP contribution is 2.19. The topological polar surface area (TPSA) is 78.9 Å². The van der Waals surface area contributed by atoms with Gasteiger partial charge in [-0.05, 0) is 51.4 Å². The van der Waals surface area contributed by atoms with Gasteiger partial charge in [0.1, 0.15) is 13.2 Å². The molecule has 1 atom stereocenters. The second-order valence-electron chi connectivity index (χ2n) is 25.6. The molecule has 0 aliphatic carbocycles. The molecular weight excluding hydrogens is 1010 g/mol. The van der Waals surface area contributed by atoms with E-state index >= 15 is 0 Å². The van der Waals surface area contributed by atoms with Gasteiger partial charge in [0, 0.05) is 19.3 Å². The van der Waals surface area contributed by atoms with Crippen molar-refractivity contribution in [2.45, 2.75) is 431 Å². The molecule has 0 N–H and O–H groups in total. The minimum absolute atomic E-state index is 0.0650. The SMILES string of the molecule is CCCCCCC/C=C\C/C=C\CCCCCCCCCCCCCCCCCCCC(=O)OC(COC(=O)CCCCCCC)COC(=O)CCCCCCCCCCCCCCCCCCCCCCCCCCCCCCCC. The second kappa shape index (κ2) is 71.4. The lowest BCUT2D eigenvalue weighted by molar-refractivity contribution is -0.167. The summed E-state index contributed by atoms with van der Waals surface area (Å²) in [6.07, 6.45) is 88.6. The summed E-state index contributed by atoms with van der Waals surface area (Å²) >= 11 is 0. The van der Waals surface area contributed by atoms with Gasteiger partial charge in [0.25, 0.3) is 0 Å². The predicted molar refractivity (Wildman–Crippen MR) is 358 cm³/mol. The molecule has 484 valence electrons. The molecule has 82 heavy (non-hydrogen) atoms. The molecule has 0 amide bonds. The van der Waals surface area contributed by atoms with E-state index in [2.05, 4.69) is 45.1 Å². The Morgan fingerprint density at radius 1 is 0.244 bits per heavy atom. The molecule has 1 unspecified atom stereocenters. The maximum atomic E-state index is 12.9. The van der Waals surface area contributed by atoms with E-state index in [9.17, 15) is 14.4 Å². The Hall–Kier alpha value is -2.11. The predicted octanol–water partition coefficient (Wildman–Crippen LogP) is 25.7. The zero-order chi connectivity index (χ0) is 59.2. The van der Waals surface area contributed by atoms with Gasteiger partial charge in [0.05, 0.1) is 0 Å². The minimum atomic E-state index is -0.765. The summed E-state index contributed by atoms with van der Waals surface area (Å²) in [5, 5.41) is 0. The first kappa shape index (κ1) is 79.9. The fourth-order valence-corrected chi connectivity index (χ4v) is 11.6. The Bertz CT molecular complexity index is 1320. The van der Waals surface area contributed by atoms with Crippen LogP contribution in [0.4, 0.5) is 0 Å². The van der Waals surface area contributed by atoms with E-state index < -0.39 is 6.10 Å². The molecule has 6 nitrogen and oxygen atoms in total. The van der Waals surface area contributed by atoms with Crippen molar-refractivity contribution in [1.29, 1.82) is 0 Å².